The Morgan fingerprint density at radius 2 is 1.39 bits per heavy atom. The van der Waals surface area contributed by atoms with Gasteiger partial charge in [-0.2, -0.15) is 0 Å². The van der Waals surface area contributed by atoms with E-state index in [2.05, 4.69) is 5.32 Å². The molecular weight excluding hydrogens is 412 g/mol. The number of hydrogen-bond donors (Lipinski definition) is 1. The van der Waals surface area contributed by atoms with E-state index in [-0.39, 0.29) is 6.54 Å². The fraction of sp³-hybridized carbons (Fsp3) is 0.167. The molecule has 1 N–H and O–H groups in total. The summed E-state index contributed by atoms with van der Waals surface area (Å²) in [6.45, 7) is 2.14. The molecule has 160 valence electrons. The summed E-state index contributed by atoms with van der Waals surface area (Å²) in [5.41, 5.74) is 2.99. The summed E-state index contributed by atoms with van der Waals surface area (Å²) < 4.78 is 25.2. The third kappa shape index (κ3) is 6.79. The molecule has 3 aromatic rings. The SMILES string of the molecule is Cc1ccc(NC(=O)CS(=O)(=O)CC(=O)N(Cc2ccccc2)c2ccccc2)cc1. The number of amides is 2. The number of aryl methyl sites for hydroxylation is 1. The lowest BCUT2D eigenvalue weighted by Gasteiger charge is -2.23. The van der Waals surface area contributed by atoms with Crippen molar-refractivity contribution in [1.29, 1.82) is 0 Å². The van der Waals surface area contributed by atoms with E-state index in [1.807, 2.05) is 55.5 Å². The smallest absolute Gasteiger partial charge is 0.242 e. The molecule has 0 aromatic heterocycles. The average molecular weight is 437 g/mol. The van der Waals surface area contributed by atoms with Crippen molar-refractivity contribution in [2.24, 2.45) is 0 Å². The van der Waals surface area contributed by atoms with Crippen LogP contribution < -0.4 is 10.2 Å². The van der Waals surface area contributed by atoms with Crippen molar-refractivity contribution in [2.45, 2.75) is 13.5 Å². The van der Waals surface area contributed by atoms with E-state index in [0.29, 0.717) is 11.4 Å². The van der Waals surface area contributed by atoms with Crippen LogP contribution in [0.1, 0.15) is 11.1 Å². The minimum atomic E-state index is -3.96. The van der Waals surface area contributed by atoms with Gasteiger partial charge in [-0.15, -0.1) is 0 Å². The van der Waals surface area contributed by atoms with Gasteiger partial charge in [0.1, 0.15) is 11.5 Å². The molecule has 0 aliphatic rings. The third-order valence-corrected chi connectivity index (χ3v) is 5.97. The second-order valence-electron chi connectivity index (χ2n) is 7.25. The number of sulfone groups is 1. The van der Waals surface area contributed by atoms with Gasteiger partial charge in [0.2, 0.25) is 11.8 Å². The zero-order valence-electron chi connectivity index (χ0n) is 17.2. The summed E-state index contributed by atoms with van der Waals surface area (Å²) in [5.74, 6) is -2.78. The summed E-state index contributed by atoms with van der Waals surface area (Å²) in [6, 6.07) is 25.2. The highest BCUT2D eigenvalue weighted by molar-refractivity contribution is 7.92. The molecule has 2 amide bonds. The fourth-order valence-corrected chi connectivity index (χ4v) is 4.15. The van der Waals surface area contributed by atoms with Gasteiger partial charge in [-0.1, -0.05) is 66.2 Å². The Morgan fingerprint density at radius 1 is 0.806 bits per heavy atom. The number of para-hydroxylation sites is 1. The molecule has 0 saturated heterocycles. The molecule has 31 heavy (non-hydrogen) atoms. The van der Waals surface area contributed by atoms with Crippen molar-refractivity contribution in [1.82, 2.24) is 0 Å². The maximum atomic E-state index is 13.0. The molecule has 0 aliphatic carbocycles. The quantitative estimate of drug-likeness (QED) is 0.585. The number of nitrogens with one attached hydrogen (secondary N) is 1. The van der Waals surface area contributed by atoms with Gasteiger partial charge < -0.3 is 10.2 Å². The fourth-order valence-electron chi connectivity index (χ4n) is 3.05. The van der Waals surface area contributed by atoms with Crippen LogP contribution in [0.3, 0.4) is 0 Å². The molecule has 6 nitrogen and oxygen atoms in total. The maximum absolute atomic E-state index is 13.0. The standard InChI is InChI=1S/C24H24N2O4S/c1-19-12-14-21(15-13-19)25-23(27)17-31(29,30)18-24(28)26(22-10-6-3-7-11-22)16-20-8-4-2-5-9-20/h2-15H,16-18H2,1H3,(H,25,27). The summed E-state index contributed by atoms with van der Waals surface area (Å²) in [5, 5.41) is 2.56. The Kier molecular flexibility index (Phi) is 7.20. The minimum absolute atomic E-state index is 0.231. The van der Waals surface area contributed by atoms with Crippen molar-refractivity contribution in [3.63, 3.8) is 0 Å². The molecule has 0 radical (unpaired) electrons. The van der Waals surface area contributed by atoms with Crippen LogP contribution in [-0.2, 0) is 26.0 Å². The molecule has 3 aromatic carbocycles. The number of carbonyl (C=O) groups is 2. The van der Waals surface area contributed by atoms with E-state index in [9.17, 15) is 18.0 Å². The largest absolute Gasteiger partial charge is 0.325 e. The summed E-state index contributed by atoms with van der Waals surface area (Å²) in [7, 11) is -3.96. The highest BCUT2D eigenvalue weighted by Gasteiger charge is 2.25. The third-order valence-electron chi connectivity index (χ3n) is 4.58. The molecule has 0 unspecified atom stereocenters. The minimum Gasteiger partial charge on any atom is -0.325 e. The molecule has 7 heteroatoms. The number of benzene rings is 3. The van der Waals surface area contributed by atoms with Crippen molar-refractivity contribution in [3.05, 3.63) is 96.1 Å². The second kappa shape index (κ2) is 10.0. The van der Waals surface area contributed by atoms with Gasteiger partial charge in [0.15, 0.2) is 9.84 Å². The van der Waals surface area contributed by atoms with Crippen LogP contribution in [0.2, 0.25) is 0 Å². The van der Waals surface area contributed by atoms with E-state index >= 15 is 0 Å². The van der Waals surface area contributed by atoms with E-state index in [4.69, 9.17) is 0 Å². The first-order valence-corrected chi connectivity index (χ1v) is 11.6. The highest BCUT2D eigenvalue weighted by atomic mass is 32.2. The highest BCUT2D eigenvalue weighted by Crippen LogP contribution is 2.18. The normalized spacial score (nSPS) is 11.0. The van der Waals surface area contributed by atoms with Crippen LogP contribution in [0.4, 0.5) is 11.4 Å². The lowest BCUT2D eigenvalue weighted by atomic mass is 10.2. The van der Waals surface area contributed by atoms with Crippen LogP contribution in [0.15, 0.2) is 84.9 Å². The Balaban J connectivity index is 1.70. The number of anilines is 2. The molecule has 0 saturated carbocycles. The van der Waals surface area contributed by atoms with Crippen LogP contribution >= 0.6 is 0 Å². The van der Waals surface area contributed by atoms with Gasteiger partial charge >= 0.3 is 0 Å². The van der Waals surface area contributed by atoms with Crippen LogP contribution in [0.5, 0.6) is 0 Å². The molecule has 0 bridgehead atoms. The summed E-state index contributed by atoms with van der Waals surface area (Å²) >= 11 is 0. The number of hydrogen-bond acceptors (Lipinski definition) is 4. The first kappa shape index (κ1) is 22.2. The Labute approximate surface area is 182 Å². The predicted molar refractivity (Wildman–Crippen MR) is 123 cm³/mol. The van der Waals surface area contributed by atoms with Gasteiger partial charge in [0.05, 0.1) is 6.54 Å². The first-order valence-electron chi connectivity index (χ1n) is 9.79. The monoisotopic (exact) mass is 436 g/mol. The maximum Gasteiger partial charge on any atom is 0.242 e. The molecule has 0 atom stereocenters. The summed E-state index contributed by atoms with van der Waals surface area (Å²) in [4.78, 5) is 26.6. The zero-order chi connectivity index (χ0) is 22.3. The van der Waals surface area contributed by atoms with E-state index in [1.54, 1.807) is 36.4 Å². The molecule has 0 heterocycles. The van der Waals surface area contributed by atoms with Crippen LogP contribution in [-0.4, -0.2) is 31.7 Å². The van der Waals surface area contributed by atoms with Crippen molar-refractivity contribution in [3.8, 4) is 0 Å². The first-order chi connectivity index (χ1) is 14.8. The predicted octanol–water partition coefficient (Wildman–Crippen LogP) is 3.58. The molecule has 0 aliphatic heterocycles. The van der Waals surface area contributed by atoms with Crippen LogP contribution in [0.25, 0.3) is 0 Å². The van der Waals surface area contributed by atoms with Crippen molar-refractivity contribution in [2.75, 3.05) is 21.7 Å². The molecule has 0 fully saturated rings. The number of carbonyl (C=O) groups excluding carboxylic acids is 2. The second-order valence-corrected chi connectivity index (χ2v) is 9.31. The van der Waals surface area contributed by atoms with E-state index < -0.39 is 33.2 Å². The zero-order valence-corrected chi connectivity index (χ0v) is 18.0. The van der Waals surface area contributed by atoms with Crippen LogP contribution in [0, 0.1) is 6.92 Å². The molecular formula is C24H24N2O4S. The molecule has 0 spiro atoms. The van der Waals surface area contributed by atoms with Gasteiger partial charge in [-0.05, 0) is 36.8 Å². The Hall–Kier alpha value is -3.45. The lowest BCUT2D eigenvalue weighted by Crippen LogP contribution is -2.37. The Morgan fingerprint density at radius 3 is 2.00 bits per heavy atom. The average Bonchev–Trinajstić information content (AvgIpc) is 2.74. The van der Waals surface area contributed by atoms with Gasteiger partial charge in [-0.3, -0.25) is 9.59 Å². The van der Waals surface area contributed by atoms with Crippen molar-refractivity contribution < 1.29 is 18.0 Å². The number of nitrogens with zero attached hydrogens (tertiary/aromatic N) is 1. The van der Waals surface area contributed by atoms with E-state index in [0.717, 1.165) is 11.1 Å². The van der Waals surface area contributed by atoms with E-state index in [1.165, 1.54) is 4.90 Å². The van der Waals surface area contributed by atoms with Gasteiger partial charge in [0.25, 0.3) is 0 Å². The lowest BCUT2D eigenvalue weighted by molar-refractivity contribution is -0.116. The summed E-state index contributed by atoms with van der Waals surface area (Å²) in [6.07, 6.45) is 0. The van der Waals surface area contributed by atoms with Gasteiger partial charge in [-0.25, -0.2) is 8.42 Å². The van der Waals surface area contributed by atoms with Gasteiger partial charge in [0, 0.05) is 11.4 Å². The van der Waals surface area contributed by atoms with Crippen molar-refractivity contribution >= 4 is 33.0 Å². The number of rotatable bonds is 8. The Bertz CT molecular complexity index is 1130. The molecule has 3 rings (SSSR count). The topological polar surface area (TPSA) is 83.5 Å².